The summed E-state index contributed by atoms with van der Waals surface area (Å²) in [6.07, 6.45) is 1.12. The molecule has 0 unspecified atom stereocenters. The molecule has 0 rings (SSSR count). The fraction of sp³-hybridized carbons (Fsp3) is 0.750. The van der Waals surface area contributed by atoms with E-state index in [1.165, 1.54) is 0 Å². The van der Waals surface area contributed by atoms with Crippen molar-refractivity contribution in [2.45, 2.75) is 31.9 Å². The molecule has 0 aromatic heterocycles. The van der Waals surface area contributed by atoms with Crippen LogP contribution < -0.4 is 0 Å². The molecule has 0 spiro atoms. The first-order valence-electron chi connectivity index (χ1n) is 3.82. The lowest BCUT2D eigenvalue weighted by Gasteiger charge is -2.22. The highest BCUT2D eigenvalue weighted by atomic mass is 33.1. The van der Waals surface area contributed by atoms with Gasteiger partial charge in [0.05, 0.1) is 12.6 Å². The zero-order valence-corrected chi connectivity index (χ0v) is 9.47. The van der Waals surface area contributed by atoms with Crippen molar-refractivity contribution in [3.8, 4) is 6.07 Å². The molecule has 0 heterocycles. The highest BCUT2D eigenvalue weighted by Crippen LogP contribution is 2.39. The van der Waals surface area contributed by atoms with Crippen molar-refractivity contribution in [1.29, 1.82) is 5.26 Å². The Hall–Kier alpha value is 0.150. The molecule has 0 aliphatic rings. The van der Waals surface area contributed by atoms with Gasteiger partial charge in [0.2, 0.25) is 0 Å². The largest absolute Gasteiger partial charge is 0.226 e. The Balaban J connectivity index is 3.61. The fourth-order valence-corrected chi connectivity index (χ4v) is 2.29. The molecule has 1 radical (unpaired) electrons. The predicted octanol–water partition coefficient (Wildman–Crippen LogP) is 3.09. The van der Waals surface area contributed by atoms with Crippen LogP contribution in [-0.2, 0) is 0 Å². The van der Waals surface area contributed by atoms with Gasteiger partial charge in [-0.3, -0.25) is 0 Å². The number of nitriles is 1. The van der Waals surface area contributed by atoms with E-state index in [1.807, 2.05) is 0 Å². The average molecular weight is 203 g/mol. The summed E-state index contributed by atoms with van der Waals surface area (Å²) in [5.74, 6) is 0. The Labute approximate surface area is 83.2 Å². The van der Waals surface area contributed by atoms with Crippen LogP contribution in [0.5, 0.6) is 0 Å². The van der Waals surface area contributed by atoms with Crippen molar-refractivity contribution in [3.63, 3.8) is 0 Å². The molecule has 2 nitrogen and oxygen atoms in total. The Bertz CT molecular complexity index is 163. The summed E-state index contributed by atoms with van der Waals surface area (Å²) in [6, 6.07) is 2.05. The van der Waals surface area contributed by atoms with Crippen molar-refractivity contribution in [1.82, 2.24) is 4.31 Å². The van der Waals surface area contributed by atoms with Gasteiger partial charge in [-0.25, -0.2) is 4.31 Å². The summed E-state index contributed by atoms with van der Waals surface area (Å²) in [7, 11) is 7.02. The minimum atomic E-state index is 0.260. The van der Waals surface area contributed by atoms with Gasteiger partial charge in [0.25, 0.3) is 0 Å². The van der Waals surface area contributed by atoms with Crippen LogP contribution in [0.1, 0.15) is 27.2 Å². The molecule has 0 aliphatic carbocycles. The highest BCUT2D eigenvalue weighted by Gasteiger charge is 2.17. The molecular weight excluding hydrogens is 188 g/mol. The van der Waals surface area contributed by atoms with Gasteiger partial charge in [0, 0.05) is 11.8 Å². The Kier molecular flexibility index (Phi) is 5.81. The molecule has 12 heavy (non-hydrogen) atoms. The number of nitrogens with zero attached hydrogens (tertiary/aromatic N) is 2. The van der Waals surface area contributed by atoms with Crippen LogP contribution >= 0.6 is 21.8 Å². The van der Waals surface area contributed by atoms with E-state index in [2.05, 4.69) is 33.9 Å². The second kappa shape index (κ2) is 5.74. The third-order valence-electron chi connectivity index (χ3n) is 1.47. The van der Waals surface area contributed by atoms with E-state index in [4.69, 9.17) is 5.26 Å². The minimum Gasteiger partial charge on any atom is -0.226 e. The van der Waals surface area contributed by atoms with Gasteiger partial charge in [-0.05, 0) is 31.2 Å². The first-order chi connectivity index (χ1) is 5.52. The standard InChI is InChI=1S/C8H15N2S2/c1-5-8(2,3)11-12-10(4)7-6-9/h4-5,7H2,1-3H3. The lowest BCUT2D eigenvalue weighted by atomic mass is 10.1. The lowest BCUT2D eigenvalue weighted by molar-refractivity contribution is 0.685. The Morgan fingerprint density at radius 1 is 1.58 bits per heavy atom. The summed E-state index contributed by atoms with van der Waals surface area (Å²) in [5, 5.41) is 8.37. The summed E-state index contributed by atoms with van der Waals surface area (Å²) in [5.41, 5.74) is 0. The minimum absolute atomic E-state index is 0.260. The molecule has 0 bridgehead atoms. The maximum atomic E-state index is 8.37. The zero-order valence-electron chi connectivity index (χ0n) is 7.83. The molecule has 0 aromatic rings. The smallest absolute Gasteiger partial charge is 0.0970 e. The van der Waals surface area contributed by atoms with Crippen LogP contribution in [0.4, 0.5) is 0 Å². The van der Waals surface area contributed by atoms with Crippen molar-refractivity contribution in [3.05, 3.63) is 7.05 Å². The summed E-state index contributed by atoms with van der Waals surface area (Å²) in [6.45, 7) is 6.90. The van der Waals surface area contributed by atoms with E-state index >= 15 is 0 Å². The average Bonchev–Trinajstić information content (AvgIpc) is 2.02. The maximum absolute atomic E-state index is 8.37. The van der Waals surface area contributed by atoms with Crippen LogP contribution in [0.3, 0.4) is 0 Å². The van der Waals surface area contributed by atoms with Crippen molar-refractivity contribution in [2.24, 2.45) is 0 Å². The van der Waals surface area contributed by atoms with Gasteiger partial charge >= 0.3 is 0 Å². The molecule has 4 heteroatoms. The number of rotatable bonds is 5. The van der Waals surface area contributed by atoms with Crippen molar-refractivity contribution in [2.75, 3.05) is 6.54 Å². The second-order valence-corrected chi connectivity index (χ2v) is 5.95. The van der Waals surface area contributed by atoms with Gasteiger partial charge in [-0.15, -0.1) is 0 Å². The Morgan fingerprint density at radius 2 is 2.17 bits per heavy atom. The molecule has 0 fully saturated rings. The molecule has 0 atom stereocenters. The normalized spacial score (nSPS) is 11.7. The molecule has 0 saturated heterocycles. The molecule has 0 aliphatic heterocycles. The zero-order chi connectivity index (χ0) is 9.61. The topological polar surface area (TPSA) is 27.0 Å². The van der Waals surface area contributed by atoms with Gasteiger partial charge < -0.3 is 0 Å². The molecule has 0 N–H and O–H groups in total. The van der Waals surface area contributed by atoms with Crippen LogP contribution in [0, 0.1) is 18.4 Å². The maximum Gasteiger partial charge on any atom is 0.0970 e. The second-order valence-electron chi connectivity index (χ2n) is 3.07. The van der Waals surface area contributed by atoms with E-state index in [0.717, 1.165) is 6.42 Å². The van der Waals surface area contributed by atoms with Gasteiger partial charge in [0.15, 0.2) is 0 Å². The van der Waals surface area contributed by atoms with E-state index in [9.17, 15) is 0 Å². The third-order valence-corrected chi connectivity index (χ3v) is 4.83. The first kappa shape index (κ1) is 12.2. The van der Waals surface area contributed by atoms with Crippen LogP contribution in [0.25, 0.3) is 0 Å². The molecule has 0 aromatic carbocycles. The van der Waals surface area contributed by atoms with E-state index < -0.39 is 0 Å². The van der Waals surface area contributed by atoms with E-state index in [1.54, 1.807) is 26.1 Å². The Morgan fingerprint density at radius 3 is 2.58 bits per heavy atom. The molecule has 0 amide bonds. The summed E-state index contributed by atoms with van der Waals surface area (Å²) in [4.78, 5) is 0. The third kappa shape index (κ3) is 5.76. The van der Waals surface area contributed by atoms with E-state index in [0.29, 0.717) is 6.54 Å². The van der Waals surface area contributed by atoms with Gasteiger partial charge in [-0.2, -0.15) is 5.26 Å². The summed E-state index contributed by atoms with van der Waals surface area (Å²) < 4.78 is 1.96. The number of hydrogen-bond acceptors (Lipinski definition) is 4. The molecule has 69 valence electrons. The SMILES string of the molecule is [CH2]N(CC#N)SSC(C)(C)CC. The van der Waals surface area contributed by atoms with Crippen molar-refractivity contribution >= 4 is 21.8 Å². The fourth-order valence-electron chi connectivity index (χ4n) is 0.318. The van der Waals surface area contributed by atoms with Crippen LogP contribution in [0.2, 0.25) is 0 Å². The van der Waals surface area contributed by atoms with E-state index in [-0.39, 0.29) is 4.75 Å². The first-order valence-corrected chi connectivity index (χ1v) is 5.93. The quantitative estimate of drug-likeness (QED) is 0.390. The monoisotopic (exact) mass is 203 g/mol. The van der Waals surface area contributed by atoms with Gasteiger partial charge in [0.1, 0.15) is 0 Å². The lowest BCUT2D eigenvalue weighted by Crippen LogP contribution is -2.13. The summed E-state index contributed by atoms with van der Waals surface area (Å²) >= 11 is 0. The van der Waals surface area contributed by atoms with Crippen LogP contribution in [-0.4, -0.2) is 15.6 Å². The molecule has 0 saturated carbocycles. The molecular formula is C8H15N2S2. The number of hydrogen-bond donors (Lipinski definition) is 0. The van der Waals surface area contributed by atoms with Crippen LogP contribution in [0.15, 0.2) is 0 Å². The van der Waals surface area contributed by atoms with Crippen molar-refractivity contribution < 1.29 is 0 Å². The van der Waals surface area contributed by atoms with Gasteiger partial charge in [-0.1, -0.05) is 17.7 Å². The predicted molar refractivity (Wildman–Crippen MR) is 57.2 cm³/mol. The highest BCUT2D eigenvalue weighted by molar-refractivity contribution is 8.76.